The van der Waals surface area contributed by atoms with Gasteiger partial charge in [-0.25, -0.2) is 0 Å². The Morgan fingerprint density at radius 1 is 1.60 bits per heavy atom. The molecule has 1 aromatic rings. The number of carbonyl (C=O) groups is 1. The van der Waals surface area contributed by atoms with E-state index < -0.39 is 6.10 Å². The highest BCUT2D eigenvalue weighted by Gasteiger charge is 2.28. The van der Waals surface area contributed by atoms with Gasteiger partial charge in [0.1, 0.15) is 11.9 Å². The first kappa shape index (κ1) is 14.8. The van der Waals surface area contributed by atoms with Gasteiger partial charge >= 0.3 is 0 Å². The van der Waals surface area contributed by atoms with E-state index in [2.05, 4.69) is 0 Å². The van der Waals surface area contributed by atoms with Crippen LogP contribution in [0, 0.1) is 0 Å². The van der Waals surface area contributed by atoms with Gasteiger partial charge in [-0.15, -0.1) is 0 Å². The van der Waals surface area contributed by atoms with Crippen molar-refractivity contribution in [3.63, 3.8) is 0 Å². The summed E-state index contributed by atoms with van der Waals surface area (Å²) >= 11 is 0. The average molecular weight is 278 g/mol. The Hall–Kier alpha value is -1.59. The van der Waals surface area contributed by atoms with Crippen LogP contribution in [0.3, 0.4) is 0 Å². The van der Waals surface area contributed by atoms with Crippen molar-refractivity contribution in [2.75, 3.05) is 11.4 Å². The SMILES string of the molecule is CCC(=O)N1CC(C)Oc2ccc(C(O)C(C)N)cc21. The fraction of sp³-hybridized carbons (Fsp3) is 0.533. The third kappa shape index (κ3) is 2.78. The Labute approximate surface area is 119 Å². The van der Waals surface area contributed by atoms with Crippen LogP contribution in [0.5, 0.6) is 5.75 Å². The van der Waals surface area contributed by atoms with E-state index in [0.29, 0.717) is 30.0 Å². The minimum Gasteiger partial charge on any atom is -0.487 e. The van der Waals surface area contributed by atoms with Gasteiger partial charge in [0.15, 0.2) is 0 Å². The summed E-state index contributed by atoms with van der Waals surface area (Å²) in [6, 6.07) is 5.01. The Morgan fingerprint density at radius 3 is 2.90 bits per heavy atom. The molecule has 110 valence electrons. The van der Waals surface area contributed by atoms with E-state index >= 15 is 0 Å². The van der Waals surface area contributed by atoms with Crippen LogP contribution in [0.1, 0.15) is 38.9 Å². The van der Waals surface area contributed by atoms with Crippen molar-refractivity contribution in [1.82, 2.24) is 0 Å². The maximum Gasteiger partial charge on any atom is 0.226 e. The van der Waals surface area contributed by atoms with Gasteiger partial charge in [0.2, 0.25) is 5.91 Å². The first-order valence-corrected chi connectivity index (χ1v) is 6.98. The summed E-state index contributed by atoms with van der Waals surface area (Å²) in [5.41, 5.74) is 7.14. The van der Waals surface area contributed by atoms with Gasteiger partial charge in [-0.1, -0.05) is 13.0 Å². The Balaban J connectivity index is 2.41. The molecule has 0 fully saturated rings. The highest BCUT2D eigenvalue weighted by molar-refractivity contribution is 5.95. The molecule has 0 saturated heterocycles. The molecule has 3 N–H and O–H groups in total. The van der Waals surface area contributed by atoms with Crippen LogP contribution < -0.4 is 15.4 Å². The van der Waals surface area contributed by atoms with Crippen LogP contribution in [0.4, 0.5) is 5.69 Å². The van der Waals surface area contributed by atoms with Gasteiger partial charge in [0.05, 0.1) is 18.3 Å². The lowest BCUT2D eigenvalue weighted by atomic mass is 10.0. The zero-order valence-corrected chi connectivity index (χ0v) is 12.2. The Bertz CT molecular complexity index is 502. The maximum absolute atomic E-state index is 12.1. The molecule has 3 unspecified atom stereocenters. The number of nitrogens with two attached hydrogens (primary N) is 1. The van der Waals surface area contributed by atoms with Gasteiger partial charge in [0.25, 0.3) is 0 Å². The van der Waals surface area contributed by atoms with Gasteiger partial charge < -0.3 is 20.5 Å². The second kappa shape index (κ2) is 5.81. The van der Waals surface area contributed by atoms with E-state index in [1.165, 1.54) is 0 Å². The molecule has 3 atom stereocenters. The van der Waals surface area contributed by atoms with Crippen molar-refractivity contribution in [3.05, 3.63) is 23.8 Å². The van der Waals surface area contributed by atoms with E-state index in [4.69, 9.17) is 10.5 Å². The van der Waals surface area contributed by atoms with Crippen molar-refractivity contribution in [3.8, 4) is 5.75 Å². The number of anilines is 1. The summed E-state index contributed by atoms with van der Waals surface area (Å²) < 4.78 is 5.75. The van der Waals surface area contributed by atoms with Crippen molar-refractivity contribution < 1.29 is 14.6 Å². The van der Waals surface area contributed by atoms with Crippen LogP contribution in [0.15, 0.2) is 18.2 Å². The second-order valence-electron chi connectivity index (χ2n) is 5.32. The van der Waals surface area contributed by atoms with E-state index in [9.17, 15) is 9.90 Å². The molecule has 0 radical (unpaired) electrons. The lowest BCUT2D eigenvalue weighted by molar-refractivity contribution is -0.118. The topological polar surface area (TPSA) is 75.8 Å². The largest absolute Gasteiger partial charge is 0.487 e. The molecule has 1 aliphatic rings. The number of rotatable bonds is 3. The fourth-order valence-corrected chi connectivity index (χ4v) is 2.37. The molecule has 5 heteroatoms. The number of benzene rings is 1. The summed E-state index contributed by atoms with van der Waals surface area (Å²) in [5, 5.41) is 10.1. The number of ether oxygens (including phenoxy) is 1. The van der Waals surface area contributed by atoms with E-state index in [-0.39, 0.29) is 18.1 Å². The first-order valence-electron chi connectivity index (χ1n) is 6.98. The Morgan fingerprint density at radius 2 is 2.30 bits per heavy atom. The summed E-state index contributed by atoms with van der Waals surface area (Å²) in [6.45, 7) is 6.04. The predicted molar refractivity (Wildman–Crippen MR) is 77.8 cm³/mol. The molecule has 0 aliphatic carbocycles. The van der Waals surface area contributed by atoms with Crippen LogP contribution in [0.2, 0.25) is 0 Å². The van der Waals surface area contributed by atoms with Crippen LogP contribution in [-0.4, -0.2) is 29.7 Å². The number of nitrogens with zero attached hydrogens (tertiary/aromatic N) is 1. The van der Waals surface area contributed by atoms with Crippen molar-refractivity contribution >= 4 is 11.6 Å². The smallest absolute Gasteiger partial charge is 0.226 e. The molecular weight excluding hydrogens is 256 g/mol. The highest BCUT2D eigenvalue weighted by Crippen LogP contribution is 2.36. The normalized spacial score (nSPS) is 20.9. The van der Waals surface area contributed by atoms with Crippen molar-refractivity contribution in [2.24, 2.45) is 5.73 Å². The van der Waals surface area contributed by atoms with Crippen LogP contribution in [0.25, 0.3) is 0 Å². The zero-order chi connectivity index (χ0) is 14.9. The highest BCUT2D eigenvalue weighted by atomic mass is 16.5. The van der Waals surface area contributed by atoms with Gasteiger partial charge in [0, 0.05) is 12.5 Å². The molecular formula is C15H22N2O3. The monoisotopic (exact) mass is 278 g/mol. The molecule has 0 saturated carbocycles. The van der Waals surface area contributed by atoms with Gasteiger partial charge in [-0.05, 0) is 31.5 Å². The summed E-state index contributed by atoms with van der Waals surface area (Å²) in [4.78, 5) is 13.8. The number of carbonyl (C=O) groups excluding carboxylic acids is 1. The molecule has 2 rings (SSSR count). The maximum atomic E-state index is 12.1. The summed E-state index contributed by atoms with van der Waals surface area (Å²) in [5.74, 6) is 0.722. The number of fused-ring (bicyclic) bond motifs is 1. The van der Waals surface area contributed by atoms with Crippen LogP contribution >= 0.6 is 0 Å². The predicted octanol–water partition coefficient (Wildman–Crippen LogP) is 1.59. The second-order valence-corrected chi connectivity index (χ2v) is 5.32. The average Bonchev–Trinajstić information content (AvgIpc) is 2.44. The number of hydrogen-bond donors (Lipinski definition) is 2. The zero-order valence-electron chi connectivity index (χ0n) is 12.2. The lowest BCUT2D eigenvalue weighted by Gasteiger charge is -2.34. The standard InChI is InChI=1S/C15H22N2O3/c1-4-14(18)17-8-9(2)20-13-6-5-11(7-12(13)17)15(19)10(3)16/h5-7,9-10,15,19H,4,8,16H2,1-3H3. The van der Waals surface area contributed by atoms with E-state index in [0.717, 1.165) is 0 Å². The fourth-order valence-electron chi connectivity index (χ4n) is 2.37. The molecule has 1 amide bonds. The molecule has 20 heavy (non-hydrogen) atoms. The Kier molecular flexibility index (Phi) is 4.30. The quantitative estimate of drug-likeness (QED) is 0.880. The van der Waals surface area contributed by atoms with E-state index in [1.54, 1.807) is 30.0 Å². The number of aliphatic hydroxyl groups is 1. The molecule has 0 spiro atoms. The molecule has 1 aliphatic heterocycles. The third-order valence-corrected chi connectivity index (χ3v) is 3.48. The molecule has 5 nitrogen and oxygen atoms in total. The number of amides is 1. The van der Waals surface area contributed by atoms with E-state index in [1.807, 2.05) is 13.8 Å². The third-order valence-electron chi connectivity index (χ3n) is 3.48. The first-order chi connectivity index (χ1) is 9.43. The number of aliphatic hydroxyl groups excluding tert-OH is 1. The van der Waals surface area contributed by atoms with Gasteiger partial charge in [-0.2, -0.15) is 0 Å². The van der Waals surface area contributed by atoms with Crippen molar-refractivity contribution in [1.29, 1.82) is 0 Å². The minimum atomic E-state index is -0.752. The molecule has 1 aromatic carbocycles. The molecule has 1 heterocycles. The number of hydrogen-bond acceptors (Lipinski definition) is 4. The van der Waals surface area contributed by atoms with Crippen LogP contribution in [-0.2, 0) is 4.79 Å². The van der Waals surface area contributed by atoms with Gasteiger partial charge in [-0.3, -0.25) is 4.79 Å². The summed E-state index contributed by atoms with van der Waals surface area (Å²) in [6.07, 6.45) is -0.355. The van der Waals surface area contributed by atoms with Crippen molar-refractivity contribution in [2.45, 2.75) is 45.4 Å². The lowest BCUT2D eigenvalue weighted by Crippen LogP contribution is -2.42. The molecule has 0 bridgehead atoms. The summed E-state index contributed by atoms with van der Waals surface area (Å²) in [7, 11) is 0. The molecule has 0 aromatic heterocycles. The minimum absolute atomic E-state index is 0.0396.